The zero-order valence-electron chi connectivity index (χ0n) is 15.3. The second-order valence-electron chi connectivity index (χ2n) is 6.50. The SMILES string of the molecule is CC(NC(N)=NCc1ccc(N2CCOCC2)cc1)c1ccc(Cl)cc1Cl. The number of hydrogen-bond acceptors (Lipinski definition) is 3. The highest BCUT2D eigenvalue weighted by molar-refractivity contribution is 6.35. The Hall–Kier alpha value is -1.95. The van der Waals surface area contributed by atoms with Gasteiger partial charge in [0.25, 0.3) is 0 Å². The van der Waals surface area contributed by atoms with E-state index in [1.54, 1.807) is 6.07 Å². The molecule has 3 rings (SSSR count). The zero-order valence-corrected chi connectivity index (χ0v) is 16.8. The summed E-state index contributed by atoms with van der Waals surface area (Å²) in [6.45, 7) is 5.92. The van der Waals surface area contributed by atoms with Crippen LogP contribution < -0.4 is 16.0 Å². The molecule has 0 radical (unpaired) electrons. The summed E-state index contributed by atoms with van der Waals surface area (Å²) in [5.41, 5.74) is 9.28. The first-order valence-electron chi connectivity index (χ1n) is 8.96. The van der Waals surface area contributed by atoms with Crippen LogP contribution in [0.4, 0.5) is 5.69 Å². The van der Waals surface area contributed by atoms with Crippen LogP contribution >= 0.6 is 23.2 Å². The molecule has 0 aromatic heterocycles. The molecule has 0 bridgehead atoms. The van der Waals surface area contributed by atoms with Gasteiger partial charge in [0.2, 0.25) is 0 Å². The molecular formula is C20H24Cl2N4O. The van der Waals surface area contributed by atoms with Crippen LogP contribution in [0.25, 0.3) is 0 Å². The fourth-order valence-corrected chi connectivity index (χ4v) is 3.58. The predicted molar refractivity (Wildman–Crippen MR) is 113 cm³/mol. The van der Waals surface area contributed by atoms with Crippen LogP contribution in [0.5, 0.6) is 0 Å². The number of nitrogens with zero attached hydrogens (tertiary/aromatic N) is 2. The van der Waals surface area contributed by atoms with Gasteiger partial charge in [-0.25, -0.2) is 4.99 Å². The van der Waals surface area contributed by atoms with Gasteiger partial charge in [-0.1, -0.05) is 41.4 Å². The van der Waals surface area contributed by atoms with E-state index in [9.17, 15) is 0 Å². The normalized spacial score (nSPS) is 16.3. The third-order valence-electron chi connectivity index (χ3n) is 4.54. The lowest BCUT2D eigenvalue weighted by molar-refractivity contribution is 0.122. The lowest BCUT2D eigenvalue weighted by atomic mass is 10.1. The molecule has 0 aliphatic carbocycles. The molecule has 1 unspecified atom stereocenters. The largest absolute Gasteiger partial charge is 0.378 e. The predicted octanol–water partition coefficient (Wildman–Crippen LogP) is 4.00. The van der Waals surface area contributed by atoms with Crippen molar-refractivity contribution in [2.45, 2.75) is 19.5 Å². The first-order chi connectivity index (χ1) is 13.0. The van der Waals surface area contributed by atoms with E-state index in [2.05, 4.69) is 39.5 Å². The van der Waals surface area contributed by atoms with Crippen molar-refractivity contribution in [2.24, 2.45) is 10.7 Å². The molecule has 2 aromatic rings. The van der Waals surface area contributed by atoms with E-state index in [4.69, 9.17) is 33.7 Å². The van der Waals surface area contributed by atoms with Gasteiger partial charge >= 0.3 is 0 Å². The van der Waals surface area contributed by atoms with Gasteiger partial charge in [0.05, 0.1) is 25.8 Å². The molecule has 0 saturated carbocycles. The van der Waals surface area contributed by atoms with Crippen LogP contribution in [0.3, 0.4) is 0 Å². The second kappa shape index (κ2) is 9.31. The number of nitrogens with one attached hydrogen (secondary N) is 1. The van der Waals surface area contributed by atoms with Gasteiger partial charge in [-0.2, -0.15) is 0 Å². The number of aliphatic imine (C=N–C) groups is 1. The molecule has 3 N–H and O–H groups in total. The van der Waals surface area contributed by atoms with Gasteiger partial charge in [-0.15, -0.1) is 0 Å². The molecule has 1 saturated heterocycles. The van der Waals surface area contributed by atoms with Crippen molar-refractivity contribution in [1.82, 2.24) is 5.32 Å². The smallest absolute Gasteiger partial charge is 0.189 e. The van der Waals surface area contributed by atoms with E-state index in [1.165, 1.54) is 5.69 Å². The highest BCUT2D eigenvalue weighted by Crippen LogP contribution is 2.26. The molecule has 1 aliphatic rings. The summed E-state index contributed by atoms with van der Waals surface area (Å²) in [6.07, 6.45) is 0. The van der Waals surface area contributed by atoms with Crippen LogP contribution in [-0.4, -0.2) is 32.3 Å². The topological polar surface area (TPSA) is 62.9 Å². The highest BCUT2D eigenvalue weighted by atomic mass is 35.5. The molecule has 2 aromatic carbocycles. The molecule has 0 spiro atoms. The van der Waals surface area contributed by atoms with Crippen molar-refractivity contribution in [3.8, 4) is 0 Å². The highest BCUT2D eigenvalue weighted by Gasteiger charge is 2.12. The Morgan fingerprint density at radius 1 is 1.19 bits per heavy atom. The molecule has 1 fully saturated rings. The van der Waals surface area contributed by atoms with Crippen molar-refractivity contribution < 1.29 is 4.74 Å². The Morgan fingerprint density at radius 3 is 2.56 bits per heavy atom. The lowest BCUT2D eigenvalue weighted by Gasteiger charge is -2.28. The minimum atomic E-state index is -0.0674. The number of anilines is 1. The Balaban J connectivity index is 1.56. The quantitative estimate of drug-likeness (QED) is 0.581. The summed E-state index contributed by atoms with van der Waals surface area (Å²) in [5, 5.41) is 4.38. The van der Waals surface area contributed by atoms with Crippen LogP contribution in [0.1, 0.15) is 24.1 Å². The summed E-state index contributed by atoms with van der Waals surface area (Å²) in [6, 6.07) is 13.8. The standard InChI is InChI=1S/C20H24Cl2N4O/c1-14(18-7-4-16(21)12-19(18)22)25-20(23)24-13-15-2-5-17(6-3-15)26-8-10-27-11-9-26/h2-7,12,14H,8-11,13H2,1H3,(H3,23,24,25). The van der Waals surface area contributed by atoms with Crippen molar-refractivity contribution in [3.05, 3.63) is 63.6 Å². The number of ether oxygens (including phenoxy) is 1. The number of hydrogen-bond donors (Lipinski definition) is 2. The van der Waals surface area contributed by atoms with Crippen molar-refractivity contribution >= 4 is 34.8 Å². The number of nitrogens with two attached hydrogens (primary N) is 1. The van der Waals surface area contributed by atoms with E-state index < -0.39 is 0 Å². The second-order valence-corrected chi connectivity index (χ2v) is 7.34. The Labute approximate surface area is 170 Å². The van der Waals surface area contributed by atoms with Crippen LogP contribution in [-0.2, 0) is 11.3 Å². The first-order valence-corrected chi connectivity index (χ1v) is 9.71. The molecule has 1 atom stereocenters. The minimum Gasteiger partial charge on any atom is -0.378 e. The first kappa shape index (κ1) is 19.8. The van der Waals surface area contributed by atoms with Crippen molar-refractivity contribution in [2.75, 3.05) is 31.2 Å². The van der Waals surface area contributed by atoms with E-state index in [0.717, 1.165) is 37.4 Å². The Bertz CT molecular complexity index is 789. The molecule has 5 nitrogen and oxygen atoms in total. The molecule has 144 valence electrons. The molecule has 1 heterocycles. The maximum absolute atomic E-state index is 6.24. The molecule has 1 aliphatic heterocycles. The van der Waals surface area contributed by atoms with E-state index in [1.807, 2.05) is 19.1 Å². The van der Waals surface area contributed by atoms with Gasteiger partial charge in [0, 0.05) is 28.8 Å². The molecular weight excluding hydrogens is 383 g/mol. The van der Waals surface area contributed by atoms with Crippen LogP contribution in [0, 0.1) is 0 Å². The lowest BCUT2D eigenvalue weighted by Crippen LogP contribution is -2.36. The molecule has 7 heteroatoms. The van der Waals surface area contributed by atoms with Crippen molar-refractivity contribution in [3.63, 3.8) is 0 Å². The van der Waals surface area contributed by atoms with Gasteiger partial charge in [0.15, 0.2) is 5.96 Å². The average Bonchev–Trinajstić information content (AvgIpc) is 2.67. The minimum absolute atomic E-state index is 0.0674. The third-order valence-corrected chi connectivity index (χ3v) is 5.10. The summed E-state index contributed by atoms with van der Waals surface area (Å²) in [5.74, 6) is 0.380. The zero-order chi connectivity index (χ0) is 19.2. The summed E-state index contributed by atoms with van der Waals surface area (Å²) in [4.78, 5) is 6.75. The summed E-state index contributed by atoms with van der Waals surface area (Å²) >= 11 is 12.2. The maximum Gasteiger partial charge on any atom is 0.189 e. The van der Waals surface area contributed by atoms with E-state index in [-0.39, 0.29) is 6.04 Å². The molecule has 0 amide bonds. The number of halogens is 2. The van der Waals surface area contributed by atoms with Crippen LogP contribution in [0.2, 0.25) is 10.0 Å². The van der Waals surface area contributed by atoms with E-state index >= 15 is 0 Å². The summed E-state index contributed by atoms with van der Waals surface area (Å²) in [7, 11) is 0. The van der Waals surface area contributed by atoms with Gasteiger partial charge in [-0.05, 0) is 42.3 Å². The van der Waals surface area contributed by atoms with Crippen molar-refractivity contribution in [1.29, 1.82) is 0 Å². The van der Waals surface area contributed by atoms with Gasteiger partial charge < -0.3 is 20.7 Å². The maximum atomic E-state index is 6.24. The van der Waals surface area contributed by atoms with Crippen LogP contribution in [0.15, 0.2) is 47.5 Å². The fraction of sp³-hybridized carbons (Fsp3) is 0.350. The van der Waals surface area contributed by atoms with E-state index in [0.29, 0.717) is 22.5 Å². The Kier molecular flexibility index (Phi) is 6.83. The number of rotatable bonds is 5. The third kappa shape index (κ3) is 5.51. The van der Waals surface area contributed by atoms with Gasteiger partial charge in [-0.3, -0.25) is 0 Å². The average molecular weight is 407 g/mol. The fourth-order valence-electron chi connectivity index (χ4n) is 3.01. The summed E-state index contributed by atoms with van der Waals surface area (Å²) < 4.78 is 5.39. The van der Waals surface area contributed by atoms with Gasteiger partial charge in [0.1, 0.15) is 0 Å². The number of benzene rings is 2. The number of guanidine groups is 1. The monoisotopic (exact) mass is 406 g/mol. The number of morpholine rings is 1. The Morgan fingerprint density at radius 2 is 1.89 bits per heavy atom. The molecule has 27 heavy (non-hydrogen) atoms.